The molecule has 0 aliphatic rings. The maximum atomic E-state index is 5.53. The van der Waals surface area contributed by atoms with Crippen LogP contribution in [0, 0.1) is 0 Å². The van der Waals surface area contributed by atoms with E-state index in [0.717, 1.165) is 11.3 Å². The van der Waals surface area contributed by atoms with Gasteiger partial charge in [0.2, 0.25) is 5.29 Å². The van der Waals surface area contributed by atoms with E-state index in [0.29, 0.717) is 0 Å². The van der Waals surface area contributed by atoms with Gasteiger partial charge in [-0.3, -0.25) is 4.99 Å². The fourth-order valence-electron chi connectivity index (χ4n) is 0.284. The van der Waals surface area contributed by atoms with Gasteiger partial charge in [0.15, 0.2) is 0 Å². The topological polar surface area (TPSA) is 24.7 Å². The van der Waals surface area contributed by atoms with Crippen LogP contribution in [0.25, 0.3) is 0 Å². The van der Waals surface area contributed by atoms with Crippen LogP contribution in [0.2, 0.25) is 0 Å². The summed E-state index contributed by atoms with van der Waals surface area (Å²) in [6, 6.07) is 0. The molecule has 56 valence electrons. The number of rotatable bonds is 1. The molecule has 0 aromatic heterocycles. The van der Waals surface area contributed by atoms with E-state index < -0.39 is 0 Å². The van der Waals surface area contributed by atoms with Gasteiger partial charge in [-0.25, -0.2) is 4.99 Å². The van der Waals surface area contributed by atoms with Crippen LogP contribution in [0.3, 0.4) is 0 Å². The van der Waals surface area contributed by atoms with Crippen molar-refractivity contribution >= 4 is 22.6 Å². The first-order chi connectivity index (χ1) is 4.57. The Morgan fingerprint density at radius 1 is 1.40 bits per heavy atom. The molecule has 0 unspecified atom stereocenters. The predicted molar refractivity (Wildman–Crippen MR) is 47.1 cm³/mol. The molecule has 0 amide bonds. The number of hydrogen-bond donors (Lipinski definition) is 0. The molecule has 10 heavy (non-hydrogen) atoms. The van der Waals surface area contributed by atoms with Crippen molar-refractivity contribution in [3.8, 4) is 0 Å². The summed E-state index contributed by atoms with van der Waals surface area (Å²) in [4.78, 5) is 7.59. The molecule has 0 spiro atoms. The van der Waals surface area contributed by atoms with E-state index in [1.165, 1.54) is 0 Å². The molecule has 0 saturated carbocycles. The molecule has 0 bridgehead atoms. The second-order valence-electron chi connectivity index (χ2n) is 1.97. The lowest BCUT2D eigenvalue weighted by atomic mass is 10.2. The Morgan fingerprint density at radius 2 is 1.90 bits per heavy atom. The molecule has 0 aliphatic heterocycles. The molecule has 0 aliphatic carbocycles. The fraction of sp³-hybridized carbons (Fsp3) is 0.429. The molecular formula is C7H11ClN2. The molecule has 0 fully saturated rings. The maximum absolute atomic E-state index is 5.53. The Bertz CT molecular complexity index is 192. The summed E-state index contributed by atoms with van der Waals surface area (Å²) in [5.74, 6) is 0. The van der Waals surface area contributed by atoms with Crippen molar-refractivity contribution in [1.29, 1.82) is 0 Å². The number of allylic oxidation sites excluding steroid dienone is 1. The Labute approximate surface area is 66.3 Å². The van der Waals surface area contributed by atoms with E-state index in [-0.39, 0.29) is 5.29 Å². The molecule has 0 rings (SSSR count). The fourth-order valence-corrected chi connectivity index (χ4v) is 0.411. The normalized spacial score (nSPS) is 13.6. The summed E-state index contributed by atoms with van der Waals surface area (Å²) in [7, 11) is 1.59. The molecular weight excluding hydrogens is 148 g/mol. The molecule has 2 nitrogen and oxygen atoms in total. The maximum Gasteiger partial charge on any atom is 0.217 e. The smallest absolute Gasteiger partial charge is 0.217 e. The Kier molecular flexibility index (Phi) is 3.96. The van der Waals surface area contributed by atoms with E-state index in [9.17, 15) is 0 Å². The van der Waals surface area contributed by atoms with Crippen LogP contribution in [-0.2, 0) is 0 Å². The molecule has 3 heteroatoms. The molecule has 0 radical (unpaired) electrons. The average molecular weight is 159 g/mol. The van der Waals surface area contributed by atoms with Crippen LogP contribution in [0.1, 0.15) is 13.8 Å². The van der Waals surface area contributed by atoms with Crippen molar-refractivity contribution in [3.05, 3.63) is 12.2 Å². The number of amidine groups is 1. The van der Waals surface area contributed by atoms with Crippen molar-refractivity contribution in [2.75, 3.05) is 7.05 Å². The van der Waals surface area contributed by atoms with Gasteiger partial charge in [-0.2, -0.15) is 0 Å². The van der Waals surface area contributed by atoms with Gasteiger partial charge in [-0.1, -0.05) is 6.58 Å². The van der Waals surface area contributed by atoms with Gasteiger partial charge in [0, 0.05) is 12.8 Å². The number of aliphatic imine (C=N–C) groups is 2. The van der Waals surface area contributed by atoms with E-state index >= 15 is 0 Å². The largest absolute Gasteiger partial charge is 0.260 e. The van der Waals surface area contributed by atoms with E-state index in [1.54, 1.807) is 7.05 Å². The van der Waals surface area contributed by atoms with Crippen molar-refractivity contribution < 1.29 is 0 Å². The highest BCUT2D eigenvalue weighted by Gasteiger charge is 1.92. The molecule has 0 saturated heterocycles. The summed E-state index contributed by atoms with van der Waals surface area (Å²) in [5, 5.41) is 0.264. The number of nitrogens with zero attached hydrogens (tertiary/aromatic N) is 2. The summed E-state index contributed by atoms with van der Waals surface area (Å²) in [6.45, 7) is 7.41. The van der Waals surface area contributed by atoms with Crippen molar-refractivity contribution in [1.82, 2.24) is 0 Å². The van der Waals surface area contributed by atoms with Crippen molar-refractivity contribution in [2.45, 2.75) is 13.8 Å². The summed E-state index contributed by atoms with van der Waals surface area (Å²) in [5.41, 5.74) is 1.72. The average Bonchev–Trinajstić information content (AvgIpc) is 1.87. The van der Waals surface area contributed by atoms with Gasteiger partial charge >= 0.3 is 0 Å². The lowest BCUT2D eigenvalue weighted by Gasteiger charge is -1.94. The standard InChI is InChI=1S/C7H11ClN2/c1-5(2)6(3)10-7(8)9-4/h1H2,2-4H3/b9-7?,10-6-. The van der Waals surface area contributed by atoms with Crippen molar-refractivity contribution in [3.63, 3.8) is 0 Å². The van der Waals surface area contributed by atoms with E-state index in [1.807, 2.05) is 13.8 Å². The van der Waals surface area contributed by atoms with Gasteiger partial charge in [0.1, 0.15) is 0 Å². The van der Waals surface area contributed by atoms with Gasteiger partial charge in [-0.05, 0) is 31.0 Å². The third kappa shape index (κ3) is 3.41. The molecule has 0 atom stereocenters. The van der Waals surface area contributed by atoms with Gasteiger partial charge in [0.25, 0.3) is 0 Å². The quantitative estimate of drug-likeness (QED) is 0.318. The first-order valence-electron chi connectivity index (χ1n) is 2.91. The zero-order valence-electron chi connectivity index (χ0n) is 6.48. The Hall–Kier alpha value is -0.630. The third-order valence-corrected chi connectivity index (χ3v) is 1.32. The summed E-state index contributed by atoms with van der Waals surface area (Å²) < 4.78 is 0. The van der Waals surface area contributed by atoms with Gasteiger partial charge in [-0.15, -0.1) is 0 Å². The second kappa shape index (κ2) is 4.23. The lowest BCUT2D eigenvalue weighted by molar-refractivity contribution is 1.42. The van der Waals surface area contributed by atoms with Crippen LogP contribution in [0.15, 0.2) is 22.1 Å². The van der Waals surface area contributed by atoms with Crippen LogP contribution in [0.4, 0.5) is 0 Å². The highest BCUT2D eigenvalue weighted by atomic mass is 35.5. The minimum absolute atomic E-state index is 0.264. The van der Waals surface area contributed by atoms with Crippen LogP contribution in [-0.4, -0.2) is 18.1 Å². The first kappa shape index (κ1) is 9.37. The minimum atomic E-state index is 0.264. The SMILES string of the molecule is C=C(C)/C(C)=N\C(Cl)=NC. The molecule has 0 aromatic rings. The van der Waals surface area contributed by atoms with Crippen molar-refractivity contribution in [2.24, 2.45) is 9.98 Å². The van der Waals surface area contributed by atoms with E-state index in [2.05, 4.69) is 16.6 Å². The zero-order chi connectivity index (χ0) is 8.15. The number of halogens is 1. The Balaban J connectivity index is 4.31. The predicted octanol–water partition coefficient (Wildman–Crippen LogP) is 2.25. The van der Waals surface area contributed by atoms with Crippen LogP contribution < -0.4 is 0 Å². The third-order valence-electron chi connectivity index (χ3n) is 1.06. The monoisotopic (exact) mass is 158 g/mol. The lowest BCUT2D eigenvalue weighted by Crippen LogP contribution is -1.94. The highest BCUT2D eigenvalue weighted by Crippen LogP contribution is 1.95. The second-order valence-corrected chi connectivity index (χ2v) is 2.31. The zero-order valence-corrected chi connectivity index (χ0v) is 7.24. The highest BCUT2D eigenvalue weighted by molar-refractivity contribution is 6.65. The van der Waals surface area contributed by atoms with Gasteiger partial charge in [0.05, 0.1) is 0 Å². The molecule has 0 aromatic carbocycles. The molecule has 0 heterocycles. The van der Waals surface area contributed by atoms with Crippen LogP contribution in [0.5, 0.6) is 0 Å². The van der Waals surface area contributed by atoms with E-state index in [4.69, 9.17) is 11.6 Å². The molecule has 0 N–H and O–H groups in total. The Morgan fingerprint density at radius 3 is 2.20 bits per heavy atom. The van der Waals surface area contributed by atoms with Crippen LogP contribution >= 0.6 is 11.6 Å². The first-order valence-corrected chi connectivity index (χ1v) is 3.29. The van der Waals surface area contributed by atoms with Gasteiger partial charge < -0.3 is 0 Å². The number of hydrogen-bond acceptors (Lipinski definition) is 1. The summed E-state index contributed by atoms with van der Waals surface area (Å²) in [6.07, 6.45) is 0. The minimum Gasteiger partial charge on any atom is -0.260 e. The summed E-state index contributed by atoms with van der Waals surface area (Å²) >= 11 is 5.53.